The van der Waals surface area contributed by atoms with Gasteiger partial charge in [-0.3, -0.25) is 4.98 Å². The van der Waals surface area contributed by atoms with Crippen molar-refractivity contribution in [2.75, 3.05) is 19.4 Å². The van der Waals surface area contributed by atoms with Gasteiger partial charge in [0, 0.05) is 28.0 Å². The Bertz CT molecular complexity index is 1270. The normalized spacial score (nSPS) is 10.6. The van der Waals surface area contributed by atoms with Gasteiger partial charge >= 0.3 is 0 Å². The number of thioether (sulfide) groups is 1. The van der Waals surface area contributed by atoms with Crippen LogP contribution in [-0.2, 0) is 0 Å². The summed E-state index contributed by atoms with van der Waals surface area (Å²) in [5, 5.41) is 9.70. The maximum atomic E-state index is 12.6. The van der Waals surface area contributed by atoms with Crippen molar-refractivity contribution in [3.8, 4) is 23.3 Å². The average Bonchev–Trinajstić information content (AvgIpc) is 3.21. The number of rotatable bonds is 8. The van der Waals surface area contributed by atoms with E-state index < -0.39 is 0 Å². The number of benzene rings is 2. The van der Waals surface area contributed by atoms with Crippen LogP contribution in [0.1, 0.15) is 5.56 Å². The minimum atomic E-state index is 0.240. The van der Waals surface area contributed by atoms with E-state index >= 15 is 0 Å². The lowest BCUT2D eigenvalue weighted by Gasteiger charge is -2.07. The number of nitroso groups, excluding NO2 is 1. The molecule has 0 unspecified atom stereocenters. The van der Waals surface area contributed by atoms with Crippen LogP contribution in [0.5, 0.6) is 17.2 Å². The second-order valence-electron chi connectivity index (χ2n) is 6.46. The molecule has 0 fully saturated rings. The summed E-state index contributed by atoms with van der Waals surface area (Å²) in [5.41, 5.74) is 2.57. The molecule has 8 nitrogen and oxygen atoms in total. The van der Waals surface area contributed by atoms with E-state index in [-0.39, 0.29) is 6.54 Å². The van der Waals surface area contributed by atoms with Gasteiger partial charge in [0.05, 0.1) is 41.7 Å². The van der Waals surface area contributed by atoms with Crippen LogP contribution in [0.2, 0.25) is 0 Å². The largest absolute Gasteiger partial charge is 0.490 e. The van der Waals surface area contributed by atoms with Crippen LogP contribution >= 0.6 is 11.8 Å². The zero-order chi connectivity index (χ0) is 21.6. The number of nitriles is 1. The molecule has 4 aromatic rings. The summed E-state index contributed by atoms with van der Waals surface area (Å²) >= 11 is 1.44. The van der Waals surface area contributed by atoms with Gasteiger partial charge in [-0.1, -0.05) is 11.8 Å². The first-order valence-electron chi connectivity index (χ1n) is 9.39. The monoisotopic (exact) mass is 432 g/mol. The molecule has 2 heterocycles. The highest BCUT2D eigenvalue weighted by atomic mass is 32.2. The molecule has 0 bridgehead atoms. The van der Waals surface area contributed by atoms with Gasteiger partial charge in [0.15, 0.2) is 10.9 Å². The Kier molecular flexibility index (Phi) is 6.10. The third-order valence-corrected chi connectivity index (χ3v) is 5.27. The van der Waals surface area contributed by atoms with Gasteiger partial charge in [-0.2, -0.15) is 5.26 Å². The molecule has 2 aromatic carbocycles. The maximum Gasteiger partial charge on any atom is 0.297 e. The van der Waals surface area contributed by atoms with Gasteiger partial charge in [0.25, 0.3) is 5.69 Å². The fourth-order valence-electron chi connectivity index (χ4n) is 2.94. The van der Waals surface area contributed by atoms with Crippen molar-refractivity contribution in [2.24, 2.45) is 0 Å². The Hall–Kier alpha value is -3.90. The number of nitrogens with zero attached hydrogens (tertiary/aromatic N) is 4. The van der Waals surface area contributed by atoms with Gasteiger partial charge in [-0.15, -0.1) is 0 Å². The lowest BCUT2D eigenvalue weighted by molar-refractivity contribution is -0.458. The Morgan fingerprint density at radius 1 is 1.19 bits per heavy atom. The summed E-state index contributed by atoms with van der Waals surface area (Å²) in [4.78, 5) is 24.3. The lowest BCUT2D eigenvalue weighted by Crippen LogP contribution is -2.07. The number of nitrogens with one attached hydrogen (secondary N) is 1. The first-order chi connectivity index (χ1) is 15.2. The summed E-state index contributed by atoms with van der Waals surface area (Å²) in [6.07, 6.45) is 3.27. The van der Waals surface area contributed by atoms with Crippen molar-refractivity contribution in [3.63, 3.8) is 0 Å². The standard InChI is InChI=1S/C22H18N5O3S/c1-29-21-12-16(30-17-3-2-8-24-14-17)5-7-20(21)27(28)9-10-31-22-25-18-6-4-15(13-23)11-19(18)26-22/h2-8,11-12,14H,9-10H2,1H3,(H,25,26)/q+1. The number of imidazole rings is 1. The molecule has 0 saturated carbocycles. The fraction of sp³-hybridized carbons (Fsp3) is 0.136. The number of fused-ring (bicyclic) bond motifs is 1. The molecule has 0 aliphatic rings. The Balaban J connectivity index is 1.39. The predicted octanol–water partition coefficient (Wildman–Crippen LogP) is 4.83. The second-order valence-corrected chi connectivity index (χ2v) is 7.54. The number of aromatic nitrogens is 3. The molecule has 9 heteroatoms. The van der Waals surface area contributed by atoms with Crippen LogP contribution < -0.4 is 9.47 Å². The van der Waals surface area contributed by atoms with Gasteiger partial charge in [0.2, 0.25) is 6.54 Å². The topological polar surface area (TPSA) is 104 Å². The molecule has 1 N–H and O–H groups in total. The number of hydrogen-bond acceptors (Lipinski definition) is 7. The third-order valence-electron chi connectivity index (χ3n) is 4.41. The molecule has 0 atom stereocenters. The number of methoxy groups -OCH3 is 1. The van der Waals surface area contributed by atoms with E-state index in [0.717, 1.165) is 15.8 Å². The van der Waals surface area contributed by atoms with Crippen LogP contribution in [0.25, 0.3) is 11.0 Å². The zero-order valence-corrected chi connectivity index (χ0v) is 17.4. The fourth-order valence-corrected chi connectivity index (χ4v) is 3.74. The molecule has 0 amide bonds. The van der Waals surface area contributed by atoms with Crippen molar-refractivity contribution in [3.05, 3.63) is 71.4 Å². The molecule has 0 aliphatic carbocycles. The summed E-state index contributed by atoms with van der Waals surface area (Å²) in [6, 6.07) is 16.0. The second kappa shape index (κ2) is 9.28. The summed E-state index contributed by atoms with van der Waals surface area (Å²) in [5.74, 6) is 2.09. The van der Waals surface area contributed by atoms with E-state index in [9.17, 15) is 4.91 Å². The van der Waals surface area contributed by atoms with Gasteiger partial charge in [0.1, 0.15) is 11.5 Å². The number of pyridine rings is 1. The highest BCUT2D eigenvalue weighted by Gasteiger charge is 2.21. The molecule has 154 valence electrons. The predicted molar refractivity (Wildman–Crippen MR) is 117 cm³/mol. The molecule has 0 spiro atoms. The first-order valence-corrected chi connectivity index (χ1v) is 10.4. The molecule has 2 aromatic heterocycles. The molecule has 0 saturated heterocycles. The van der Waals surface area contributed by atoms with Crippen LogP contribution in [-0.4, -0.2) is 39.1 Å². The van der Waals surface area contributed by atoms with Crippen LogP contribution in [0.3, 0.4) is 0 Å². The summed E-state index contributed by atoms with van der Waals surface area (Å²) in [7, 11) is 1.51. The Morgan fingerprint density at radius 3 is 2.87 bits per heavy atom. The quantitative estimate of drug-likeness (QED) is 0.314. The molecule has 0 aliphatic heterocycles. The van der Waals surface area contributed by atoms with Gasteiger partial charge in [-0.25, -0.2) is 4.98 Å². The van der Waals surface area contributed by atoms with Crippen LogP contribution in [0.4, 0.5) is 5.69 Å². The van der Waals surface area contributed by atoms with E-state index in [1.165, 1.54) is 18.9 Å². The highest BCUT2D eigenvalue weighted by molar-refractivity contribution is 7.99. The lowest BCUT2D eigenvalue weighted by atomic mass is 10.2. The number of aromatic amines is 1. The minimum absolute atomic E-state index is 0.240. The SMILES string of the molecule is COc1cc(Oc2cccnc2)ccc1[N+](=O)CCSc1nc2ccc(C#N)cc2[nH]1. The number of H-pyrrole nitrogens is 1. The van der Waals surface area contributed by atoms with E-state index in [2.05, 4.69) is 21.0 Å². The summed E-state index contributed by atoms with van der Waals surface area (Å²) in [6.45, 7) is 0.240. The van der Waals surface area contributed by atoms with E-state index in [1.54, 1.807) is 60.9 Å². The third kappa shape index (κ3) is 4.82. The van der Waals surface area contributed by atoms with Crippen molar-refractivity contribution in [1.82, 2.24) is 15.0 Å². The van der Waals surface area contributed by atoms with E-state index in [1.807, 2.05) is 0 Å². The average molecular weight is 432 g/mol. The van der Waals surface area contributed by atoms with E-state index in [4.69, 9.17) is 14.7 Å². The molecular formula is C22H18N5O3S+. The van der Waals surface area contributed by atoms with E-state index in [0.29, 0.717) is 39.4 Å². The van der Waals surface area contributed by atoms with Crippen LogP contribution in [0.15, 0.2) is 66.1 Å². The summed E-state index contributed by atoms with van der Waals surface area (Å²) < 4.78 is 12.0. The smallest absolute Gasteiger partial charge is 0.297 e. The Morgan fingerprint density at radius 2 is 2.10 bits per heavy atom. The molecular weight excluding hydrogens is 414 g/mol. The first kappa shape index (κ1) is 20.4. The molecule has 0 radical (unpaired) electrons. The zero-order valence-electron chi connectivity index (χ0n) is 16.6. The van der Waals surface area contributed by atoms with Crippen molar-refractivity contribution < 1.29 is 14.2 Å². The Labute approximate surface area is 182 Å². The maximum absolute atomic E-state index is 12.6. The number of hydrogen-bond donors (Lipinski definition) is 1. The molecule has 4 rings (SSSR count). The van der Waals surface area contributed by atoms with Crippen LogP contribution in [0, 0.1) is 16.2 Å². The minimum Gasteiger partial charge on any atom is -0.490 e. The molecule has 31 heavy (non-hydrogen) atoms. The van der Waals surface area contributed by atoms with Gasteiger partial charge < -0.3 is 14.5 Å². The van der Waals surface area contributed by atoms with Gasteiger partial charge in [-0.05, 0) is 36.4 Å². The van der Waals surface area contributed by atoms with Crippen molar-refractivity contribution in [1.29, 1.82) is 5.26 Å². The highest BCUT2D eigenvalue weighted by Crippen LogP contribution is 2.33. The number of ether oxygens (including phenoxy) is 2. The van der Waals surface area contributed by atoms with Crippen molar-refractivity contribution >= 4 is 28.5 Å². The van der Waals surface area contributed by atoms with Crippen molar-refractivity contribution in [2.45, 2.75) is 5.16 Å².